The molecule has 8 atom stereocenters. The first kappa shape index (κ1) is 36.4. The minimum Gasteiger partial charge on any atom is -0.433 e. The Balaban J connectivity index is 1.98. The third-order valence-corrected chi connectivity index (χ3v) is 24.9. The van der Waals surface area contributed by atoms with Crippen LogP contribution in [0.15, 0.2) is 12.7 Å². The largest absolute Gasteiger partial charge is 0.499 e. The van der Waals surface area contributed by atoms with E-state index in [0.717, 1.165) is 0 Å². The summed E-state index contributed by atoms with van der Waals surface area (Å²) in [7, 11) is -6.30. The van der Waals surface area contributed by atoms with E-state index in [-0.39, 0.29) is 20.8 Å². The van der Waals surface area contributed by atoms with Crippen LogP contribution in [0, 0.1) is 17.8 Å². The van der Waals surface area contributed by atoms with E-state index in [1.165, 1.54) is 83.1 Å². The Morgan fingerprint density at radius 2 is 1.19 bits per heavy atom. The van der Waals surface area contributed by atoms with Crippen molar-refractivity contribution in [3.63, 3.8) is 0 Å². The van der Waals surface area contributed by atoms with Crippen LogP contribution in [0.3, 0.4) is 0 Å². The van der Waals surface area contributed by atoms with Gasteiger partial charge >= 0.3 is 14.8 Å². The van der Waals surface area contributed by atoms with Gasteiger partial charge in [-0.15, -0.1) is 0 Å². The molecule has 3 fully saturated rings. The molecule has 0 radical (unpaired) electrons. The average Bonchev–Trinajstić information content (AvgIpc) is 2.97. The van der Waals surface area contributed by atoms with Crippen molar-refractivity contribution in [1.29, 1.82) is 0 Å². The highest BCUT2D eigenvalue weighted by molar-refractivity contribution is 6.75. The highest BCUT2D eigenvalue weighted by Crippen LogP contribution is 2.50. The van der Waals surface area contributed by atoms with Crippen LogP contribution in [0.4, 0.5) is 0 Å². The van der Waals surface area contributed by atoms with Crippen LogP contribution in [-0.4, -0.2) is 56.1 Å². The Bertz CT molecular complexity index is 799. The summed E-state index contributed by atoms with van der Waals surface area (Å²) < 4.78 is 34.3. The van der Waals surface area contributed by atoms with Crippen molar-refractivity contribution in [2.24, 2.45) is 17.8 Å². The topological polar surface area (TPSA) is 63.2 Å². The molecule has 8 unspecified atom stereocenters. The molecule has 0 saturated heterocycles. The zero-order valence-electron chi connectivity index (χ0n) is 28.4. The van der Waals surface area contributed by atoms with Gasteiger partial charge in [-0.25, -0.2) is 4.79 Å². The lowest BCUT2D eigenvalue weighted by atomic mass is 9.81. The number of carbonyl (C=O) groups excluding carboxylic acids is 1. The van der Waals surface area contributed by atoms with Crippen LogP contribution in [0.1, 0.15) is 139 Å². The molecule has 0 bridgehead atoms. The number of esters is 1. The molecule has 10 heteroatoms. The molecule has 244 valence electrons. The van der Waals surface area contributed by atoms with E-state index in [2.05, 4.69) is 55.0 Å². The Kier molecular flexibility index (Phi) is 13.8. The fourth-order valence-corrected chi connectivity index (χ4v) is 22.8. The van der Waals surface area contributed by atoms with E-state index < -0.39 is 50.4 Å². The summed E-state index contributed by atoms with van der Waals surface area (Å²) in [6.45, 7) is 22.2. The number of rotatable bonds is 15. The quantitative estimate of drug-likeness (QED) is 0.0836. The Morgan fingerprint density at radius 1 is 0.810 bits per heavy atom. The zero-order valence-corrected chi connectivity index (χ0v) is 33.7. The lowest BCUT2D eigenvalue weighted by Crippen LogP contribution is -2.62. The highest BCUT2D eigenvalue weighted by atomic mass is 28.5. The molecule has 3 aliphatic carbocycles. The maximum absolute atomic E-state index is 12.1. The molecule has 3 saturated carbocycles. The minimum absolute atomic E-state index is 0.232. The van der Waals surface area contributed by atoms with E-state index >= 15 is 0 Å². The fraction of sp³-hybridized carbons (Fsp3) is 0.906. The van der Waals surface area contributed by atoms with E-state index in [1.54, 1.807) is 6.92 Å². The van der Waals surface area contributed by atoms with Crippen LogP contribution >= 0.6 is 0 Å². The molecule has 6 nitrogen and oxygen atoms in total. The first-order chi connectivity index (χ1) is 19.8. The van der Waals surface area contributed by atoms with Gasteiger partial charge in [-0.05, 0) is 65.5 Å². The molecule has 42 heavy (non-hydrogen) atoms. The van der Waals surface area contributed by atoms with Crippen molar-refractivity contribution in [2.75, 3.05) is 0 Å². The molecule has 0 amide bonds. The van der Waals surface area contributed by atoms with Gasteiger partial charge < -0.3 is 21.8 Å². The van der Waals surface area contributed by atoms with Gasteiger partial charge in [-0.1, -0.05) is 113 Å². The van der Waals surface area contributed by atoms with Gasteiger partial charge in [0.25, 0.3) is 0 Å². The summed E-state index contributed by atoms with van der Waals surface area (Å²) in [5.74, 6) is 1.49. The van der Waals surface area contributed by atoms with Gasteiger partial charge in [0.05, 0.1) is 0 Å². The number of ether oxygens (including phenoxy) is 2. The van der Waals surface area contributed by atoms with E-state index in [4.69, 9.17) is 21.8 Å². The van der Waals surface area contributed by atoms with Gasteiger partial charge in [0.15, 0.2) is 29.3 Å². The molecule has 0 heterocycles. The summed E-state index contributed by atoms with van der Waals surface area (Å²) >= 11 is 0. The summed E-state index contributed by atoms with van der Waals surface area (Å²) in [5, 5.41) is 0.695. The summed E-state index contributed by atoms with van der Waals surface area (Å²) in [6.07, 6.45) is 16.5. The summed E-state index contributed by atoms with van der Waals surface area (Å²) in [4.78, 5) is 12.1. The molecule has 3 aliphatic rings. The summed E-state index contributed by atoms with van der Waals surface area (Å²) in [6, 6.07) is 0. The number of hydrogen-bond acceptors (Lipinski definition) is 6. The lowest BCUT2D eigenvalue weighted by molar-refractivity contribution is -0.176. The van der Waals surface area contributed by atoms with Crippen LogP contribution in [0.25, 0.3) is 0 Å². The molecule has 0 aromatic heterocycles. The molecular weight excluding hydrogens is 593 g/mol. The van der Waals surface area contributed by atoms with Crippen molar-refractivity contribution < 1.29 is 26.6 Å². The van der Waals surface area contributed by atoms with E-state index in [9.17, 15) is 4.79 Å². The monoisotopic (exact) mass is 656 g/mol. The maximum Gasteiger partial charge on any atom is 0.499 e. The van der Waals surface area contributed by atoms with E-state index in [1.807, 2.05) is 0 Å². The Labute approximate surface area is 266 Å². The van der Waals surface area contributed by atoms with Crippen molar-refractivity contribution in [3.05, 3.63) is 12.7 Å². The Morgan fingerprint density at radius 3 is 1.50 bits per heavy atom. The molecule has 0 aliphatic heterocycles. The second kappa shape index (κ2) is 16.0. The molecule has 0 spiro atoms. The van der Waals surface area contributed by atoms with Gasteiger partial charge in [-0.3, -0.25) is 0 Å². The highest BCUT2D eigenvalue weighted by Gasteiger charge is 2.54. The molecule has 0 aromatic rings. The van der Waals surface area contributed by atoms with Gasteiger partial charge in [0, 0.05) is 6.08 Å². The zero-order chi connectivity index (χ0) is 31.0. The minimum atomic E-state index is -3.28. The molecular formula is C32H64O6Si4. The van der Waals surface area contributed by atoms with Crippen molar-refractivity contribution in [1.82, 2.24) is 0 Å². The first-order valence-electron chi connectivity index (χ1n) is 17.2. The predicted molar refractivity (Wildman–Crippen MR) is 184 cm³/mol. The van der Waals surface area contributed by atoms with Gasteiger partial charge in [-0.2, -0.15) is 0 Å². The third-order valence-electron chi connectivity index (χ3n) is 11.9. The molecule has 0 N–H and O–H groups in total. The fourth-order valence-electron chi connectivity index (χ4n) is 7.47. The molecule has 3 rings (SSSR count). The van der Waals surface area contributed by atoms with Crippen LogP contribution in [-0.2, 0) is 26.6 Å². The standard InChI is InChI=1S/C32H64O6Si4/c1-10-28(33)34-27(6)35-29(11-2)42(36-39-30(7)21-15-12-18-24(30)3,37-40-31(8)22-16-13-19-25(31)4)38-41-32(9)23-17-14-20-26(32)5/h10,24-27,29H,1,11-23,39-41H2,2-9H3. The number of carbonyl (C=O) groups is 1. The Hall–Kier alpha value is -0.0825. The second-order valence-corrected chi connectivity index (χ2v) is 26.1. The van der Waals surface area contributed by atoms with Crippen LogP contribution in [0.5, 0.6) is 0 Å². The normalized spacial score (nSPS) is 37.8. The van der Waals surface area contributed by atoms with Gasteiger partial charge in [0.1, 0.15) is 5.73 Å². The van der Waals surface area contributed by atoms with Crippen molar-refractivity contribution in [3.8, 4) is 0 Å². The van der Waals surface area contributed by atoms with Crippen molar-refractivity contribution in [2.45, 2.75) is 166 Å². The van der Waals surface area contributed by atoms with E-state index in [0.29, 0.717) is 24.2 Å². The lowest BCUT2D eigenvalue weighted by Gasteiger charge is -2.47. The second-order valence-electron chi connectivity index (χ2n) is 15.1. The van der Waals surface area contributed by atoms with Crippen LogP contribution in [0.2, 0.25) is 15.1 Å². The average molecular weight is 657 g/mol. The summed E-state index contributed by atoms with van der Waals surface area (Å²) in [5.41, 5.74) is -0.342. The predicted octanol–water partition coefficient (Wildman–Crippen LogP) is 6.80. The third kappa shape index (κ3) is 9.23. The molecule has 0 aromatic carbocycles. The maximum atomic E-state index is 12.1. The van der Waals surface area contributed by atoms with Crippen molar-refractivity contribution >= 4 is 44.1 Å². The number of hydrogen-bond donors (Lipinski definition) is 0. The SMILES string of the molecule is C=CC(=O)OC(C)OC(CC)[Si](O[SiH2]C1(C)CCCCC1C)(O[SiH2]C1(C)CCCCC1C)O[SiH2]C1(C)CCCCC1C. The smallest absolute Gasteiger partial charge is 0.433 e. The van der Waals surface area contributed by atoms with Crippen LogP contribution < -0.4 is 0 Å². The van der Waals surface area contributed by atoms with Gasteiger partial charge in [0.2, 0.25) is 6.29 Å². The first-order valence-corrected chi connectivity index (χ1v) is 22.9.